The van der Waals surface area contributed by atoms with Crippen LogP contribution in [0.5, 0.6) is 5.75 Å². The number of rotatable bonds is 10. The van der Waals surface area contributed by atoms with Crippen LogP contribution in [0.2, 0.25) is 0 Å². The minimum atomic E-state index is 0.534. The fourth-order valence-electron chi connectivity index (χ4n) is 1.68. The van der Waals surface area contributed by atoms with Gasteiger partial charge in [0.2, 0.25) is 0 Å². The Bertz CT molecular complexity index is 369. The first-order valence-electron chi connectivity index (χ1n) is 6.76. The quantitative estimate of drug-likeness (QED) is 0.648. The van der Waals surface area contributed by atoms with Crippen molar-refractivity contribution in [2.75, 3.05) is 33.5 Å². The molecule has 1 heterocycles. The van der Waals surface area contributed by atoms with Gasteiger partial charge in [-0.3, -0.25) is 4.98 Å². The minimum Gasteiger partial charge on any atom is -0.489 e. The Balaban J connectivity index is 1.68. The van der Waals surface area contributed by atoms with Gasteiger partial charge in [-0.1, -0.05) is 0 Å². The average molecular weight is 266 g/mol. The summed E-state index contributed by atoms with van der Waals surface area (Å²) < 4.78 is 16.0. The van der Waals surface area contributed by atoms with Crippen LogP contribution in [0.3, 0.4) is 0 Å². The molecule has 1 aromatic rings. The van der Waals surface area contributed by atoms with E-state index in [0.717, 1.165) is 17.9 Å². The molecule has 19 heavy (non-hydrogen) atoms. The second kappa shape index (κ2) is 8.09. The van der Waals surface area contributed by atoms with Crippen molar-refractivity contribution in [1.82, 2.24) is 10.3 Å². The zero-order chi connectivity index (χ0) is 13.3. The molecule has 0 saturated heterocycles. The normalized spacial score (nSPS) is 14.6. The Morgan fingerprint density at radius 3 is 2.89 bits per heavy atom. The lowest BCUT2D eigenvalue weighted by molar-refractivity contribution is 0.0542. The first kappa shape index (κ1) is 14.2. The number of methoxy groups -OCH3 is 1. The van der Waals surface area contributed by atoms with Gasteiger partial charge in [0.05, 0.1) is 26.0 Å². The lowest BCUT2D eigenvalue weighted by atomic mass is 10.2. The van der Waals surface area contributed by atoms with E-state index >= 15 is 0 Å². The largest absolute Gasteiger partial charge is 0.489 e. The molecular formula is C14H22N2O3. The van der Waals surface area contributed by atoms with E-state index < -0.39 is 0 Å². The van der Waals surface area contributed by atoms with Gasteiger partial charge < -0.3 is 19.5 Å². The third-order valence-corrected chi connectivity index (χ3v) is 2.95. The maximum Gasteiger partial charge on any atom is 0.142 e. The van der Waals surface area contributed by atoms with E-state index in [1.54, 1.807) is 19.5 Å². The molecule has 1 aromatic heterocycles. The summed E-state index contributed by atoms with van der Waals surface area (Å²) in [5.74, 6) is 0.839. The van der Waals surface area contributed by atoms with Crippen molar-refractivity contribution in [2.45, 2.75) is 25.4 Å². The van der Waals surface area contributed by atoms with Gasteiger partial charge in [0.25, 0.3) is 0 Å². The SMILES string of the molecule is COCCOCCOc1cnccc1CNC1CC1. The number of pyridine rings is 1. The molecule has 0 aliphatic heterocycles. The van der Waals surface area contributed by atoms with Crippen LogP contribution in [-0.4, -0.2) is 44.6 Å². The van der Waals surface area contributed by atoms with Crippen molar-refractivity contribution in [2.24, 2.45) is 0 Å². The molecule has 0 atom stereocenters. The highest BCUT2D eigenvalue weighted by atomic mass is 16.5. The van der Waals surface area contributed by atoms with Crippen LogP contribution in [0.25, 0.3) is 0 Å². The van der Waals surface area contributed by atoms with E-state index in [1.165, 1.54) is 12.8 Å². The van der Waals surface area contributed by atoms with Gasteiger partial charge >= 0.3 is 0 Å². The third kappa shape index (κ3) is 5.55. The van der Waals surface area contributed by atoms with Crippen LogP contribution in [0.1, 0.15) is 18.4 Å². The number of hydrogen-bond acceptors (Lipinski definition) is 5. The molecule has 1 fully saturated rings. The summed E-state index contributed by atoms with van der Waals surface area (Å²) in [6.07, 6.45) is 6.13. The summed E-state index contributed by atoms with van der Waals surface area (Å²) >= 11 is 0. The molecule has 106 valence electrons. The summed E-state index contributed by atoms with van der Waals surface area (Å²) in [7, 11) is 1.66. The summed E-state index contributed by atoms with van der Waals surface area (Å²) in [6, 6.07) is 2.69. The molecule has 0 spiro atoms. The van der Waals surface area contributed by atoms with Gasteiger partial charge in [0.1, 0.15) is 12.4 Å². The predicted octanol–water partition coefficient (Wildman–Crippen LogP) is 1.38. The number of nitrogens with zero attached hydrogens (tertiary/aromatic N) is 1. The molecule has 1 aliphatic rings. The summed E-state index contributed by atoms with van der Waals surface area (Å²) in [4.78, 5) is 4.10. The van der Waals surface area contributed by atoms with Crippen molar-refractivity contribution in [3.63, 3.8) is 0 Å². The zero-order valence-corrected chi connectivity index (χ0v) is 11.4. The van der Waals surface area contributed by atoms with Crippen molar-refractivity contribution >= 4 is 0 Å². The molecule has 0 aromatic carbocycles. The summed E-state index contributed by atoms with van der Waals surface area (Å²) in [5.41, 5.74) is 1.15. The highest BCUT2D eigenvalue weighted by Crippen LogP contribution is 2.21. The fourth-order valence-corrected chi connectivity index (χ4v) is 1.68. The van der Waals surface area contributed by atoms with E-state index in [-0.39, 0.29) is 0 Å². The lowest BCUT2D eigenvalue weighted by Gasteiger charge is -2.11. The smallest absolute Gasteiger partial charge is 0.142 e. The third-order valence-electron chi connectivity index (χ3n) is 2.95. The summed E-state index contributed by atoms with van der Waals surface area (Å²) in [5, 5.41) is 3.48. The second-order valence-electron chi connectivity index (χ2n) is 4.59. The first-order valence-corrected chi connectivity index (χ1v) is 6.76. The number of hydrogen-bond donors (Lipinski definition) is 1. The molecule has 1 aliphatic carbocycles. The van der Waals surface area contributed by atoms with Gasteiger partial charge in [-0.25, -0.2) is 0 Å². The van der Waals surface area contributed by atoms with E-state index in [9.17, 15) is 0 Å². The predicted molar refractivity (Wildman–Crippen MR) is 72.3 cm³/mol. The van der Waals surface area contributed by atoms with Gasteiger partial charge in [-0.2, -0.15) is 0 Å². The standard InChI is InChI=1S/C14H22N2O3/c1-17-6-7-18-8-9-19-14-11-15-5-4-12(14)10-16-13-2-3-13/h4-5,11,13,16H,2-3,6-10H2,1H3. The number of ether oxygens (including phenoxy) is 3. The maximum atomic E-state index is 5.70. The Labute approximate surface area is 114 Å². The van der Waals surface area contributed by atoms with E-state index in [1.807, 2.05) is 6.07 Å². The molecule has 1 N–H and O–H groups in total. The van der Waals surface area contributed by atoms with Crippen molar-refractivity contribution < 1.29 is 14.2 Å². The second-order valence-corrected chi connectivity index (χ2v) is 4.59. The number of aromatic nitrogens is 1. The minimum absolute atomic E-state index is 0.534. The van der Waals surface area contributed by atoms with Gasteiger partial charge in [-0.05, 0) is 18.9 Å². The molecule has 0 amide bonds. The highest BCUT2D eigenvalue weighted by Gasteiger charge is 2.20. The van der Waals surface area contributed by atoms with E-state index in [4.69, 9.17) is 14.2 Å². The molecule has 2 rings (SSSR count). The number of nitrogens with one attached hydrogen (secondary N) is 1. The van der Waals surface area contributed by atoms with Gasteiger partial charge in [0, 0.05) is 31.5 Å². The van der Waals surface area contributed by atoms with E-state index in [2.05, 4.69) is 10.3 Å². The Morgan fingerprint density at radius 2 is 2.11 bits per heavy atom. The molecule has 1 saturated carbocycles. The first-order chi connectivity index (χ1) is 9.40. The zero-order valence-electron chi connectivity index (χ0n) is 11.4. The Hall–Kier alpha value is -1.17. The molecule has 5 nitrogen and oxygen atoms in total. The monoisotopic (exact) mass is 266 g/mol. The van der Waals surface area contributed by atoms with Crippen molar-refractivity contribution in [3.05, 3.63) is 24.0 Å². The van der Waals surface area contributed by atoms with Crippen LogP contribution < -0.4 is 10.1 Å². The van der Waals surface area contributed by atoms with Gasteiger partial charge in [0.15, 0.2) is 0 Å². The summed E-state index contributed by atoms with van der Waals surface area (Å²) in [6.45, 7) is 3.15. The van der Waals surface area contributed by atoms with Crippen LogP contribution in [0, 0.1) is 0 Å². The van der Waals surface area contributed by atoms with Crippen LogP contribution in [0.4, 0.5) is 0 Å². The maximum absolute atomic E-state index is 5.70. The average Bonchev–Trinajstić information content (AvgIpc) is 3.25. The molecule has 0 bridgehead atoms. The topological polar surface area (TPSA) is 52.6 Å². The molecular weight excluding hydrogens is 244 g/mol. The van der Waals surface area contributed by atoms with Crippen molar-refractivity contribution in [1.29, 1.82) is 0 Å². The van der Waals surface area contributed by atoms with Crippen LogP contribution >= 0.6 is 0 Å². The lowest BCUT2D eigenvalue weighted by Crippen LogP contribution is -2.17. The molecule has 0 unspecified atom stereocenters. The van der Waals surface area contributed by atoms with Crippen LogP contribution in [0.15, 0.2) is 18.5 Å². The fraction of sp³-hybridized carbons (Fsp3) is 0.643. The molecule has 5 heteroatoms. The van der Waals surface area contributed by atoms with Crippen molar-refractivity contribution in [3.8, 4) is 5.75 Å². The van der Waals surface area contributed by atoms with Crippen LogP contribution in [-0.2, 0) is 16.0 Å². The van der Waals surface area contributed by atoms with E-state index in [0.29, 0.717) is 32.5 Å². The molecule has 0 radical (unpaired) electrons. The highest BCUT2D eigenvalue weighted by molar-refractivity contribution is 5.29. The Kier molecular flexibility index (Phi) is 6.07. The van der Waals surface area contributed by atoms with Gasteiger partial charge in [-0.15, -0.1) is 0 Å². The Morgan fingerprint density at radius 1 is 1.26 bits per heavy atom.